The van der Waals surface area contributed by atoms with Gasteiger partial charge in [-0.2, -0.15) is 0 Å². The van der Waals surface area contributed by atoms with E-state index < -0.39 is 5.91 Å². The number of likely N-dealkylation sites (N-methyl/N-ethyl adjacent to an activating group) is 1. The fourth-order valence-corrected chi connectivity index (χ4v) is 2.10. The molecule has 22 heavy (non-hydrogen) atoms. The highest BCUT2D eigenvalue weighted by atomic mass is 16.3. The summed E-state index contributed by atoms with van der Waals surface area (Å²) in [5.41, 5.74) is 1.70. The molecule has 5 nitrogen and oxygen atoms in total. The van der Waals surface area contributed by atoms with Crippen LogP contribution >= 0.6 is 0 Å². The number of anilines is 1. The first-order chi connectivity index (χ1) is 10.5. The Morgan fingerprint density at radius 1 is 1.14 bits per heavy atom. The number of hydrogen-bond acceptors (Lipinski definition) is 4. The fraction of sp³-hybridized carbons (Fsp3) is 0.176. The number of carbonyl (C=O) groups is 1. The van der Waals surface area contributed by atoms with Crippen molar-refractivity contribution < 1.29 is 9.90 Å². The molecular weight excluding hydrogens is 278 g/mol. The minimum Gasteiger partial charge on any atom is -0.505 e. The van der Waals surface area contributed by atoms with E-state index in [0.717, 1.165) is 5.56 Å². The molecule has 2 aromatic rings. The van der Waals surface area contributed by atoms with Gasteiger partial charge in [0.2, 0.25) is 0 Å². The van der Waals surface area contributed by atoms with Gasteiger partial charge in [0.25, 0.3) is 5.91 Å². The largest absolute Gasteiger partial charge is 0.505 e. The Morgan fingerprint density at radius 3 is 2.41 bits per heavy atom. The van der Waals surface area contributed by atoms with Crippen molar-refractivity contribution in [2.75, 3.05) is 19.4 Å². The van der Waals surface area contributed by atoms with E-state index in [1.807, 2.05) is 25.1 Å². The zero-order chi connectivity index (χ0) is 16.1. The number of pyridine rings is 1. The van der Waals surface area contributed by atoms with Gasteiger partial charge in [-0.1, -0.05) is 30.3 Å². The zero-order valence-electron chi connectivity index (χ0n) is 12.9. The number of aliphatic hydroxyl groups excluding tert-OH is 1. The molecule has 114 valence electrons. The molecule has 0 bridgehead atoms. The molecule has 5 heteroatoms. The summed E-state index contributed by atoms with van der Waals surface area (Å²) in [6.07, 6.45) is 1.59. The van der Waals surface area contributed by atoms with Crippen molar-refractivity contribution in [2.24, 2.45) is 0 Å². The maximum Gasteiger partial charge on any atom is 0.276 e. The highest BCUT2D eigenvalue weighted by Crippen LogP contribution is 2.21. The molecule has 0 aliphatic rings. The average Bonchev–Trinajstić information content (AvgIpc) is 2.48. The first-order valence-corrected chi connectivity index (χ1v) is 6.89. The van der Waals surface area contributed by atoms with E-state index in [1.165, 1.54) is 0 Å². The van der Waals surface area contributed by atoms with Crippen LogP contribution in [0.3, 0.4) is 0 Å². The summed E-state index contributed by atoms with van der Waals surface area (Å²) in [5.74, 6) is -0.0367. The lowest BCUT2D eigenvalue weighted by molar-refractivity contribution is -0.114. The Morgan fingerprint density at radius 2 is 1.82 bits per heavy atom. The number of carbonyl (C=O) groups excluding carboxylic acids is 1. The van der Waals surface area contributed by atoms with Gasteiger partial charge in [0.05, 0.1) is 0 Å². The van der Waals surface area contributed by atoms with E-state index >= 15 is 0 Å². The smallest absolute Gasteiger partial charge is 0.276 e. The van der Waals surface area contributed by atoms with Gasteiger partial charge in [-0.05, 0) is 24.6 Å². The third-order valence-corrected chi connectivity index (χ3v) is 3.19. The van der Waals surface area contributed by atoms with Crippen LogP contribution in [-0.2, 0) is 4.79 Å². The van der Waals surface area contributed by atoms with Crippen LogP contribution in [0.2, 0.25) is 0 Å². The van der Waals surface area contributed by atoms with Crippen molar-refractivity contribution in [3.8, 4) is 0 Å². The van der Waals surface area contributed by atoms with Crippen molar-refractivity contribution in [3.05, 3.63) is 65.5 Å². The molecule has 0 aliphatic heterocycles. The van der Waals surface area contributed by atoms with E-state index in [2.05, 4.69) is 10.3 Å². The third-order valence-electron chi connectivity index (χ3n) is 3.19. The number of hydrogen-bond donors (Lipinski definition) is 2. The van der Waals surface area contributed by atoms with Crippen molar-refractivity contribution >= 4 is 17.5 Å². The first-order valence-electron chi connectivity index (χ1n) is 6.89. The highest BCUT2D eigenvalue weighted by molar-refractivity contribution is 6.07. The number of rotatable bonds is 4. The van der Waals surface area contributed by atoms with Crippen molar-refractivity contribution in [1.82, 2.24) is 9.88 Å². The van der Waals surface area contributed by atoms with Gasteiger partial charge in [0.1, 0.15) is 11.5 Å². The molecule has 2 N–H and O–H groups in total. The van der Waals surface area contributed by atoms with Crippen LogP contribution in [0.5, 0.6) is 0 Å². The predicted octanol–water partition coefficient (Wildman–Crippen LogP) is 2.82. The summed E-state index contributed by atoms with van der Waals surface area (Å²) in [4.78, 5) is 18.1. The summed E-state index contributed by atoms with van der Waals surface area (Å²) in [6, 6.07) is 12.6. The summed E-state index contributed by atoms with van der Waals surface area (Å²) >= 11 is 0. The molecule has 1 aromatic carbocycles. The Bertz CT molecular complexity index is 694. The molecule has 0 spiro atoms. The molecular formula is C17H19N3O2. The summed E-state index contributed by atoms with van der Waals surface area (Å²) in [5, 5.41) is 13.2. The average molecular weight is 297 g/mol. The van der Waals surface area contributed by atoms with Crippen LogP contribution in [0.1, 0.15) is 11.1 Å². The molecule has 1 aromatic heterocycles. The second-order valence-corrected chi connectivity index (χ2v) is 5.08. The standard InChI is InChI=1S/C17H19N3O2/c1-12-8-4-5-9-13(12)16(21)15(20(2)3)17(22)19-14-10-6-7-11-18-14/h4-11,21H,1-3H3,(H,18,19,22)/b16-15+. The third kappa shape index (κ3) is 3.44. The molecule has 0 saturated carbocycles. The highest BCUT2D eigenvalue weighted by Gasteiger charge is 2.20. The molecule has 1 amide bonds. The minimum atomic E-state index is -0.413. The first kappa shape index (κ1) is 15.6. The van der Waals surface area contributed by atoms with Gasteiger partial charge in [0.15, 0.2) is 5.76 Å². The van der Waals surface area contributed by atoms with E-state index in [1.54, 1.807) is 49.5 Å². The summed E-state index contributed by atoms with van der Waals surface area (Å²) in [7, 11) is 3.42. The van der Waals surface area contributed by atoms with Gasteiger partial charge in [0, 0.05) is 25.9 Å². The van der Waals surface area contributed by atoms with Crippen LogP contribution in [-0.4, -0.2) is 35.0 Å². The number of amides is 1. The maximum absolute atomic E-state index is 12.5. The summed E-state index contributed by atoms with van der Waals surface area (Å²) < 4.78 is 0. The Labute approximate surface area is 129 Å². The van der Waals surface area contributed by atoms with Crippen molar-refractivity contribution in [2.45, 2.75) is 6.92 Å². The molecule has 1 heterocycles. The second-order valence-electron chi connectivity index (χ2n) is 5.08. The Kier molecular flexibility index (Phi) is 4.78. The van der Waals surface area contributed by atoms with E-state index in [-0.39, 0.29) is 11.5 Å². The number of nitrogens with one attached hydrogen (secondary N) is 1. The molecule has 0 atom stereocenters. The van der Waals surface area contributed by atoms with E-state index in [9.17, 15) is 9.90 Å². The second kappa shape index (κ2) is 6.76. The molecule has 2 rings (SSSR count). The predicted molar refractivity (Wildman–Crippen MR) is 87.3 cm³/mol. The fourth-order valence-electron chi connectivity index (χ4n) is 2.10. The minimum absolute atomic E-state index is 0.0588. The van der Waals surface area contributed by atoms with E-state index in [4.69, 9.17) is 0 Å². The number of aliphatic hydroxyl groups is 1. The van der Waals surface area contributed by atoms with Crippen molar-refractivity contribution in [1.29, 1.82) is 0 Å². The van der Waals surface area contributed by atoms with Gasteiger partial charge in [-0.3, -0.25) is 4.79 Å². The van der Waals surface area contributed by atoms with Crippen molar-refractivity contribution in [3.63, 3.8) is 0 Å². The van der Waals surface area contributed by atoms with Crippen LogP contribution in [0.15, 0.2) is 54.4 Å². The van der Waals surface area contributed by atoms with Crippen LogP contribution in [0, 0.1) is 6.92 Å². The molecule has 0 unspecified atom stereocenters. The lowest BCUT2D eigenvalue weighted by atomic mass is 10.1. The number of aryl methyl sites for hydroxylation is 1. The Hall–Kier alpha value is -2.82. The van der Waals surface area contributed by atoms with E-state index in [0.29, 0.717) is 11.4 Å². The van der Waals surface area contributed by atoms with Gasteiger partial charge >= 0.3 is 0 Å². The monoisotopic (exact) mass is 297 g/mol. The molecule has 0 radical (unpaired) electrons. The molecule has 0 aliphatic carbocycles. The zero-order valence-corrected chi connectivity index (χ0v) is 12.9. The quantitative estimate of drug-likeness (QED) is 0.673. The van der Waals surface area contributed by atoms with Gasteiger partial charge < -0.3 is 15.3 Å². The lowest BCUT2D eigenvalue weighted by Gasteiger charge is -2.19. The summed E-state index contributed by atoms with van der Waals surface area (Å²) in [6.45, 7) is 1.88. The number of benzene rings is 1. The van der Waals surface area contributed by atoms with Crippen LogP contribution < -0.4 is 5.32 Å². The lowest BCUT2D eigenvalue weighted by Crippen LogP contribution is -2.27. The van der Waals surface area contributed by atoms with Gasteiger partial charge in [-0.15, -0.1) is 0 Å². The normalized spacial score (nSPS) is 11.6. The topological polar surface area (TPSA) is 65.5 Å². The van der Waals surface area contributed by atoms with Gasteiger partial charge in [-0.25, -0.2) is 4.98 Å². The number of aromatic nitrogens is 1. The Balaban J connectivity index is 2.39. The maximum atomic E-state index is 12.5. The molecule has 0 fully saturated rings. The molecule has 0 saturated heterocycles. The van der Waals surface area contributed by atoms with Crippen LogP contribution in [0.25, 0.3) is 5.76 Å². The van der Waals surface area contributed by atoms with Crippen LogP contribution in [0.4, 0.5) is 5.82 Å². The number of nitrogens with zero attached hydrogens (tertiary/aromatic N) is 2. The SMILES string of the molecule is Cc1ccccc1/C(O)=C(/C(=O)Nc1ccccn1)N(C)C.